The van der Waals surface area contributed by atoms with Crippen molar-refractivity contribution in [3.8, 4) is 5.75 Å². The molecule has 0 saturated carbocycles. The molecule has 7 heteroatoms. The first kappa shape index (κ1) is 20.2. The number of benzene rings is 1. The van der Waals surface area contributed by atoms with Crippen molar-refractivity contribution in [2.45, 2.75) is 38.6 Å². The minimum absolute atomic E-state index is 0.0231. The Hall–Kier alpha value is -2.57. The predicted octanol–water partition coefficient (Wildman–Crippen LogP) is 1.77. The summed E-state index contributed by atoms with van der Waals surface area (Å²) in [6.07, 6.45) is 3.08. The molecule has 2 heterocycles. The van der Waals surface area contributed by atoms with Gasteiger partial charge in [0.05, 0.1) is 7.11 Å². The van der Waals surface area contributed by atoms with E-state index in [1.807, 2.05) is 6.92 Å². The molecular weight excluding hydrogens is 358 g/mol. The summed E-state index contributed by atoms with van der Waals surface area (Å²) in [4.78, 5) is 43.3. The van der Waals surface area contributed by atoms with Gasteiger partial charge >= 0.3 is 0 Å². The van der Waals surface area contributed by atoms with Crippen LogP contribution in [0.5, 0.6) is 5.75 Å². The van der Waals surface area contributed by atoms with E-state index in [1.165, 1.54) is 0 Å². The summed E-state index contributed by atoms with van der Waals surface area (Å²) in [5.41, 5.74) is 0.589. The highest BCUT2D eigenvalue weighted by atomic mass is 16.5. The standard InChI is InChI=1S/C21H29N3O4/c1-3-19(25)24-10-5-4-9-18(24)21(27)23-13-11-22(12-14-23)20(26)16-7-6-8-17(15-16)28-2/h6-8,15,18H,3-5,9-14H2,1-2H3. The van der Waals surface area contributed by atoms with Gasteiger partial charge in [0, 0.05) is 44.7 Å². The highest BCUT2D eigenvalue weighted by Crippen LogP contribution is 2.21. The van der Waals surface area contributed by atoms with Gasteiger partial charge in [0.25, 0.3) is 5.91 Å². The summed E-state index contributed by atoms with van der Waals surface area (Å²) in [5, 5.41) is 0. The second kappa shape index (κ2) is 9.08. The van der Waals surface area contributed by atoms with Gasteiger partial charge in [-0.25, -0.2) is 0 Å². The van der Waals surface area contributed by atoms with Crippen molar-refractivity contribution in [2.75, 3.05) is 39.8 Å². The number of piperidine rings is 1. The van der Waals surface area contributed by atoms with Crippen molar-refractivity contribution in [3.05, 3.63) is 29.8 Å². The van der Waals surface area contributed by atoms with E-state index < -0.39 is 0 Å². The fraction of sp³-hybridized carbons (Fsp3) is 0.571. The Labute approximate surface area is 166 Å². The molecule has 152 valence electrons. The van der Waals surface area contributed by atoms with Gasteiger partial charge in [-0.05, 0) is 37.5 Å². The largest absolute Gasteiger partial charge is 0.497 e. The molecule has 1 unspecified atom stereocenters. The minimum atomic E-state index is -0.346. The van der Waals surface area contributed by atoms with Crippen LogP contribution >= 0.6 is 0 Å². The van der Waals surface area contributed by atoms with Crippen molar-refractivity contribution in [1.29, 1.82) is 0 Å². The zero-order chi connectivity index (χ0) is 20.1. The normalized spacial score (nSPS) is 20.1. The number of nitrogens with zero attached hydrogens (tertiary/aromatic N) is 3. The van der Waals surface area contributed by atoms with Crippen molar-refractivity contribution in [1.82, 2.24) is 14.7 Å². The second-order valence-electron chi connectivity index (χ2n) is 7.30. The Bertz CT molecular complexity index is 728. The average Bonchev–Trinajstić information content (AvgIpc) is 2.77. The molecule has 0 aliphatic carbocycles. The Morgan fingerprint density at radius 2 is 1.75 bits per heavy atom. The molecule has 28 heavy (non-hydrogen) atoms. The predicted molar refractivity (Wildman–Crippen MR) is 105 cm³/mol. The smallest absolute Gasteiger partial charge is 0.254 e. The van der Waals surface area contributed by atoms with E-state index in [-0.39, 0.29) is 23.8 Å². The molecule has 3 rings (SSSR count). The number of ether oxygens (including phenoxy) is 1. The molecule has 0 N–H and O–H groups in total. The van der Waals surface area contributed by atoms with Crippen molar-refractivity contribution >= 4 is 17.7 Å². The maximum Gasteiger partial charge on any atom is 0.254 e. The topological polar surface area (TPSA) is 70.2 Å². The van der Waals surface area contributed by atoms with Crippen molar-refractivity contribution in [2.24, 2.45) is 0 Å². The fourth-order valence-electron chi connectivity index (χ4n) is 3.97. The summed E-state index contributed by atoms with van der Waals surface area (Å²) in [6, 6.07) is 6.77. The molecule has 3 amide bonds. The Morgan fingerprint density at radius 3 is 2.43 bits per heavy atom. The summed E-state index contributed by atoms with van der Waals surface area (Å²) in [5.74, 6) is 0.670. The number of rotatable bonds is 4. The number of hydrogen-bond donors (Lipinski definition) is 0. The van der Waals surface area contributed by atoms with Gasteiger partial charge in [-0.1, -0.05) is 13.0 Å². The van der Waals surface area contributed by atoms with Crippen LogP contribution in [0.3, 0.4) is 0 Å². The lowest BCUT2D eigenvalue weighted by atomic mass is 10.00. The molecule has 0 aromatic heterocycles. The van der Waals surface area contributed by atoms with Gasteiger partial charge in [-0.3, -0.25) is 14.4 Å². The number of methoxy groups -OCH3 is 1. The van der Waals surface area contributed by atoms with E-state index in [9.17, 15) is 14.4 Å². The van der Waals surface area contributed by atoms with Gasteiger partial charge in [0.1, 0.15) is 11.8 Å². The third-order valence-corrected chi connectivity index (χ3v) is 5.61. The fourth-order valence-corrected chi connectivity index (χ4v) is 3.97. The number of carbonyl (C=O) groups is 3. The molecule has 2 aliphatic heterocycles. The first-order chi connectivity index (χ1) is 13.5. The lowest BCUT2D eigenvalue weighted by Crippen LogP contribution is -2.57. The van der Waals surface area contributed by atoms with Crippen LogP contribution in [0.15, 0.2) is 24.3 Å². The molecular formula is C21H29N3O4. The molecule has 2 saturated heterocycles. The lowest BCUT2D eigenvalue weighted by Gasteiger charge is -2.40. The molecule has 2 fully saturated rings. The Kier molecular flexibility index (Phi) is 6.54. The van der Waals surface area contributed by atoms with Crippen LogP contribution in [0.4, 0.5) is 0 Å². The zero-order valence-corrected chi connectivity index (χ0v) is 16.7. The maximum absolute atomic E-state index is 13.0. The highest BCUT2D eigenvalue weighted by Gasteiger charge is 2.35. The summed E-state index contributed by atoms with van der Waals surface area (Å²) in [7, 11) is 1.58. The molecule has 1 atom stereocenters. The molecule has 2 aliphatic rings. The second-order valence-corrected chi connectivity index (χ2v) is 7.30. The average molecular weight is 387 g/mol. The van der Waals surface area contributed by atoms with Crippen molar-refractivity contribution in [3.63, 3.8) is 0 Å². The molecule has 1 aromatic carbocycles. The van der Waals surface area contributed by atoms with E-state index in [1.54, 1.807) is 46.1 Å². The quantitative estimate of drug-likeness (QED) is 0.790. The first-order valence-corrected chi connectivity index (χ1v) is 10.1. The Balaban J connectivity index is 1.60. The van der Waals surface area contributed by atoms with Crippen LogP contribution in [0.25, 0.3) is 0 Å². The van der Waals surface area contributed by atoms with Crippen LogP contribution < -0.4 is 4.74 Å². The number of hydrogen-bond acceptors (Lipinski definition) is 4. The van der Waals surface area contributed by atoms with Crippen LogP contribution in [-0.4, -0.2) is 78.3 Å². The molecule has 0 radical (unpaired) electrons. The summed E-state index contributed by atoms with van der Waals surface area (Å²) < 4.78 is 5.19. The first-order valence-electron chi connectivity index (χ1n) is 10.1. The summed E-state index contributed by atoms with van der Waals surface area (Å²) in [6.45, 7) is 4.49. The number of carbonyl (C=O) groups excluding carboxylic acids is 3. The summed E-state index contributed by atoms with van der Waals surface area (Å²) >= 11 is 0. The van der Waals surface area contributed by atoms with Gasteiger partial charge in [0.15, 0.2) is 0 Å². The third kappa shape index (κ3) is 4.29. The number of amides is 3. The van der Waals surface area contributed by atoms with Crippen LogP contribution in [0.1, 0.15) is 43.0 Å². The van der Waals surface area contributed by atoms with E-state index in [0.29, 0.717) is 50.5 Å². The monoisotopic (exact) mass is 387 g/mol. The van der Waals surface area contributed by atoms with Gasteiger partial charge < -0.3 is 19.4 Å². The van der Waals surface area contributed by atoms with E-state index in [4.69, 9.17) is 4.74 Å². The van der Waals surface area contributed by atoms with E-state index in [0.717, 1.165) is 19.3 Å². The van der Waals surface area contributed by atoms with Crippen LogP contribution in [0.2, 0.25) is 0 Å². The van der Waals surface area contributed by atoms with E-state index >= 15 is 0 Å². The molecule has 7 nitrogen and oxygen atoms in total. The maximum atomic E-state index is 13.0. The number of likely N-dealkylation sites (tertiary alicyclic amines) is 1. The molecule has 0 bridgehead atoms. The highest BCUT2D eigenvalue weighted by molar-refractivity contribution is 5.95. The number of piperazine rings is 1. The van der Waals surface area contributed by atoms with Crippen LogP contribution in [-0.2, 0) is 9.59 Å². The molecule has 1 aromatic rings. The van der Waals surface area contributed by atoms with Gasteiger partial charge in [0.2, 0.25) is 11.8 Å². The molecule has 0 spiro atoms. The minimum Gasteiger partial charge on any atom is -0.497 e. The van der Waals surface area contributed by atoms with Gasteiger partial charge in [-0.2, -0.15) is 0 Å². The SMILES string of the molecule is CCC(=O)N1CCCCC1C(=O)N1CCN(C(=O)c2cccc(OC)c2)CC1. The van der Waals surface area contributed by atoms with Gasteiger partial charge in [-0.15, -0.1) is 0 Å². The van der Waals surface area contributed by atoms with E-state index in [2.05, 4.69) is 0 Å². The lowest BCUT2D eigenvalue weighted by molar-refractivity contribution is -0.148. The zero-order valence-electron chi connectivity index (χ0n) is 16.7. The van der Waals surface area contributed by atoms with Crippen molar-refractivity contribution < 1.29 is 19.1 Å². The third-order valence-electron chi connectivity index (χ3n) is 5.61. The Morgan fingerprint density at radius 1 is 1.04 bits per heavy atom. The van der Waals surface area contributed by atoms with Crippen LogP contribution in [0, 0.1) is 0 Å².